The van der Waals surface area contributed by atoms with Gasteiger partial charge in [0.25, 0.3) is 0 Å². The first kappa shape index (κ1) is 29.4. The molecule has 4 N–H and O–H groups in total. The van der Waals surface area contributed by atoms with E-state index in [4.69, 9.17) is 20.4 Å². The van der Waals surface area contributed by atoms with Crippen molar-refractivity contribution in [3.63, 3.8) is 0 Å². The molecule has 6 nitrogen and oxygen atoms in total. The van der Waals surface area contributed by atoms with E-state index in [1.807, 2.05) is 0 Å². The molecule has 26 heavy (non-hydrogen) atoms. The monoisotopic (exact) mass is 376 g/mol. The number of hydrogen-bond acceptors (Lipinski definition) is 4. The molecule has 0 aliphatic heterocycles. The van der Waals surface area contributed by atoms with Crippen molar-refractivity contribution in [3.8, 4) is 0 Å². The molecule has 0 aromatic heterocycles. The largest absolute Gasteiger partial charge is 0.478 e. The molecular weight excluding hydrogens is 336 g/mol. The first-order chi connectivity index (χ1) is 12.5. The van der Waals surface area contributed by atoms with Gasteiger partial charge in [-0.25, -0.2) is 9.59 Å². The standard InChI is InChI=1S/C12H26O.C4H4O4.C4H10O/c1-2-3-4-5-6-7-8-9-10-11-12-13;5-3(6)1-2-4(7)8;1-2-3-4-5/h13H,2-12H2,1H3;1-2H,(H,5,6)(H,7,8);5H,2-4H2,1H3/b;2-1-;. The summed E-state index contributed by atoms with van der Waals surface area (Å²) in [5, 5.41) is 32.3. The molecule has 0 fully saturated rings. The molecule has 0 heterocycles. The van der Waals surface area contributed by atoms with Crippen molar-refractivity contribution in [3.05, 3.63) is 12.2 Å². The Hall–Kier alpha value is -1.40. The summed E-state index contributed by atoms with van der Waals surface area (Å²) in [7, 11) is 0. The van der Waals surface area contributed by atoms with Gasteiger partial charge in [-0.1, -0.05) is 78.1 Å². The summed E-state index contributed by atoms with van der Waals surface area (Å²) in [4.78, 5) is 19.1. The maximum atomic E-state index is 9.55. The number of aliphatic hydroxyl groups excluding tert-OH is 2. The van der Waals surface area contributed by atoms with Crippen LogP contribution in [0.25, 0.3) is 0 Å². The molecule has 0 radical (unpaired) electrons. The third-order valence-corrected chi connectivity index (χ3v) is 3.39. The Kier molecular flexibility index (Phi) is 32.1. The first-order valence-corrected chi connectivity index (χ1v) is 9.81. The highest BCUT2D eigenvalue weighted by Gasteiger charge is 1.91. The lowest BCUT2D eigenvalue weighted by atomic mass is 10.1. The van der Waals surface area contributed by atoms with Crippen LogP contribution >= 0.6 is 0 Å². The van der Waals surface area contributed by atoms with Crippen LogP contribution in [0.5, 0.6) is 0 Å². The molecule has 156 valence electrons. The molecule has 0 spiro atoms. The zero-order valence-corrected chi connectivity index (χ0v) is 16.7. The highest BCUT2D eigenvalue weighted by Crippen LogP contribution is 2.09. The first-order valence-electron chi connectivity index (χ1n) is 9.81. The van der Waals surface area contributed by atoms with Crippen molar-refractivity contribution in [1.82, 2.24) is 0 Å². The zero-order chi connectivity index (χ0) is 20.5. The fraction of sp³-hybridized carbons (Fsp3) is 0.800. The lowest BCUT2D eigenvalue weighted by molar-refractivity contribution is -0.134. The van der Waals surface area contributed by atoms with Gasteiger partial charge in [-0.3, -0.25) is 0 Å². The van der Waals surface area contributed by atoms with Crippen LogP contribution in [0.4, 0.5) is 0 Å². The Balaban J connectivity index is -0.000000346. The van der Waals surface area contributed by atoms with Crippen LogP contribution in [0.15, 0.2) is 12.2 Å². The Morgan fingerprint density at radius 1 is 0.577 bits per heavy atom. The van der Waals surface area contributed by atoms with Gasteiger partial charge in [0.1, 0.15) is 0 Å². The molecule has 0 saturated heterocycles. The molecule has 0 atom stereocenters. The van der Waals surface area contributed by atoms with E-state index in [0.717, 1.165) is 19.3 Å². The summed E-state index contributed by atoms with van der Waals surface area (Å²) in [6.07, 6.45) is 16.5. The number of carboxylic acids is 2. The number of unbranched alkanes of at least 4 members (excludes halogenated alkanes) is 10. The van der Waals surface area contributed by atoms with E-state index in [0.29, 0.717) is 25.4 Å². The van der Waals surface area contributed by atoms with Gasteiger partial charge < -0.3 is 20.4 Å². The fourth-order valence-corrected chi connectivity index (χ4v) is 1.90. The van der Waals surface area contributed by atoms with Crippen LogP contribution in [0.2, 0.25) is 0 Å². The van der Waals surface area contributed by atoms with Gasteiger partial charge in [0, 0.05) is 25.4 Å². The van der Waals surface area contributed by atoms with Gasteiger partial charge >= 0.3 is 11.9 Å². The van der Waals surface area contributed by atoms with Crippen LogP contribution in [-0.4, -0.2) is 45.6 Å². The van der Waals surface area contributed by atoms with Crippen molar-refractivity contribution in [2.75, 3.05) is 13.2 Å². The predicted octanol–water partition coefficient (Wildman–Crippen LogP) is 4.39. The van der Waals surface area contributed by atoms with Gasteiger partial charge in [0.15, 0.2) is 0 Å². The van der Waals surface area contributed by atoms with E-state index >= 15 is 0 Å². The Morgan fingerprint density at radius 2 is 0.885 bits per heavy atom. The number of aliphatic carboxylic acids is 2. The quantitative estimate of drug-likeness (QED) is 0.264. The molecule has 0 aliphatic carbocycles. The Labute approximate surface area is 158 Å². The van der Waals surface area contributed by atoms with Gasteiger partial charge in [-0.15, -0.1) is 0 Å². The number of carbonyl (C=O) groups is 2. The van der Waals surface area contributed by atoms with Crippen molar-refractivity contribution in [2.24, 2.45) is 0 Å². The maximum Gasteiger partial charge on any atom is 0.328 e. The normalized spacial score (nSPS) is 9.85. The Bertz CT molecular complexity index is 287. The zero-order valence-electron chi connectivity index (χ0n) is 16.7. The summed E-state index contributed by atoms with van der Waals surface area (Å²) in [5.74, 6) is -2.51. The molecule has 0 aromatic carbocycles. The Morgan fingerprint density at radius 3 is 1.12 bits per heavy atom. The van der Waals surface area contributed by atoms with Gasteiger partial charge in [0.2, 0.25) is 0 Å². The average Bonchev–Trinajstić information content (AvgIpc) is 2.60. The summed E-state index contributed by atoms with van der Waals surface area (Å²) >= 11 is 0. The van der Waals surface area contributed by atoms with E-state index in [1.54, 1.807) is 0 Å². The molecule has 0 saturated carbocycles. The molecule has 0 bridgehead atoms. The second-order valence-electron chi connectivity index (χ2n) is 5.99. The van der Waals surface area contributed by atoms with E-state index < -0.39 is 11.9 Å². The number of rotatable bonds is 14. The smallest absolute Gasteiger partial charge is 0.328 e. The topological polar surface area (TPSA) is 115 Å². The third kappa shape index (κ3) is 43.3. The second kappa shape index (κ2) is 28.4. The van der Waals surface area contributed by atoms with E-state index in [1.165, 1.54) is 57.8 Å². The highest BCUT2D eigenvalue weighted by atomic mass is 16.4. The van der Waals surface area contributed by atoms with E-state index in [9.17, 15) is 9.59 Å². The lowest BCUT2D eigenvalue weighted by Gasteiger charge is -2.00. The summed E-state index contributed by atoms with van der Waals surface area (Å²) in [6.45, 7) is 5.03. The summed E-state index contributed by atoms with van der Waals surface area (Å²) < 4.78 is 0. The minimum Gasteiger partial charge on any atom is -0.478 e. The van der Waals surface area contributed by atoms with Crippen molar-refractivity contribution < 1.29 is 30.0 Å². The molecule has 0 aromatic rings. The van der Waals surface area contributed by atoms with Crippen LogP contribution < -0.4 is 0 Å². The van der Waals surface area contributed by atoms with Crippen molar-refractivity contribution in [2.45, 2.75) is 90.9 Å². The van der Waals surface area contributed by atoms with Crippen molar-refractivity contribution in [1.29, 1.82) is 0 Å². The molecule has 0 amide bonds. The molecule has 6 heteroatoms. The highest BCUT2D eigenvalue weighted by molar-refractivity contribution is 5.89. The van der Waals surface area contributed by atoms with Crippen LogP contribution in [0.1, 0.15) is 90.9 Å². The number of carboxylic acid groups (broad SMARTS) is 2. The fourth-order valence-electron chi connectivity index (χ4n) is 1.90. The maximum absolute atomic E-state index is 9.55. The lowest BCUT2D eigenvalue weighted by Crippen LogP contribution is -1.91. The second-order valence-corrected chi connectivity index (χ2v) is 5.99. The average molecular weight is 377 g/mol. The molecule has 0 unspecified atom stereocenters. The van der Waals surface area contributed by atoms with E-state index in [2.05, 4.69) is 13.8 Å². The SMILES string of the molecule is CCCCCCCCCCCCO.CCCCO.O=C(O)/C=C\C(=O)O. The summed E-state index contributed by atoms with van der Waals surface area (Å²) in [5.41, 5.74) is 0. The summed E-state index contributed by atoms with van der Waals surface area (Å²) in [6, 6.07) is 0. The molecule has 0 rings (SSSR count). The van der Waals surface area contributed by atoms with Crippen LogP contribution in [-0.2, 0) is 9.59 Å². The van der Waals surface area contributed by atoms with Gasteiger partial charge in [-0.2, -0.15) is 0 Å². The van der Waals surface area contributed by atoms with Crippen LogP contribution in [0, 0.1) is 0 Å². The van der Waals surface area contributed by atoms with E-state index in [-0.39, 0.29) is 0 Å². The molecule has 0 aliphatic rings. The predicted molar refractivity (Wildman–Crippen MR) is 105 cm³/mol. The third-order valence-electron chi connectivity index (χ3n) is 3.39. The van der Waals surface area contributed by atoms with Crippen LogP contribution in [0.3, 0.4) is 0 Å². The van der Waals surface area contributed by atoms with Gasteiger partial charge in [-0.05, 0) is 12.8 Å². The van der Waals surface area contributed by atoms with Crippen molar-refractivity contribution >= 4 is 11.9 Å². The number of hydrogen-bond donors (Lipinski definition) is 4. The minimum absolute atomic E-state index is 0.344. The molecular formula is C20H40O6. The number of aliphatic hydroxyl groups is 2. The van der Waals surface area contributed by atoms with Gasteiger partial charge in [0.05, 0.1) is 0 Å². The minimum atomic E-state index is -1.26.